The summed E-state index contributed by atoms with van der Waals surface area (Å²) in [7, 11) is 3.19. The van der Waals surface area contributed by atoms with Gasteiger partial charge in [0, 0.05) is 23.1 Å². The quantitative estimate of drug-likeness (QED) is 0.311. The number of aliphatic imine (C=N–C) groups is 1. The van der Waals surface area contributed by atoms with Gasteiger partial charge in [-0.3, -0.25) is 4.79 Å². The summed E-state index contributed by atoms with van der Waals surface area (Å²) in [4.78, 5) is 16.3. The van der Waals surface area contributed by atoms with Crippen molar-refractivity contribution in [3.05, 3.63) is 58.1 Å². The summed E-state index contributed by atoms with van der Waals surface area (Å²) >= 11 is 3.36. The molecule has 0 radical (unpaired) electrons. The van der Waals surface area contributed by atoms with Gasteiger partial charge in [-0.1, -0.05) is 28.1 Å². The van der Waals surface area contributed by atoms with Crippen LogP contribution >= 0.6 is 15.9 Å². The molecule has 2 aromatic rings. The minimum atomic E-state index is -0.101. The molecule has 0 aliphatic heterocycles. The van der Waals surface area contributed by atoms with Crippen LogP contribution in [0.5, 0.6) is 11.5 Å². The monoisotopic (exact) mass is 448 g/mol. The Morgan fingerprint density at radius 2 is 1.82 bits per heavy atom. The van der Waals surface area contributed by atoms with E-state index in [9.17, 15) is 4.79 Å². The molecule has 0 bridgehead atoms. The molecule has 0 spiro atoms. The van der Waals surface area contributed by atoms with Gasteiger partial charge in [-0.15, -0.1) is 0 Å². The van der Waals surface area contributed by atoms with Gasteiger partial charge in [-0.25, -0.2) is 4.99 Å². The zero-order chi connectivity index (χ0) is 20.4. The second-order valence-electron chi connectivity index (χ2n) is 5.94. The van der Waals surface area contributed by atoms with Crippen LogP contribution in [-0.2, 0) is 6.54 Å². The average molecular weight is 449 g/mol. The standard InChI is InChI=1S/C20H25BrN4O3/c1-27-17-8-7-14(11-18(17)28-2)13-25-20(22)24-10-4-9-23-19(26)15-5-3-6-16(21)12-15/h3,5-8,11-12H,4,9-10,13H2,1-2H3,(H,23,26)(H3,22,24,25). The van der Waals surface area contributed by atoms with Gasteiger partial charge in [0.15, 0.2) is 17.5 Å². The fourth-order valence-corrected chi connectivity index (χ4v) is 2.85. The molecule has 150 valence electrons. The van der Waals surface area contributed by atoms with Crippen molar-refractivity contribution >= 4 is 27.8 Å². The average Bonchev–Trinajstić information content (AvgIpc) is 2.71. The van der Waals surface area contributed by atoms with Crippen molar-refractivity contribution in [1.29, 1.82) is 0 Å². The first-order valence-corrected chi connectivity index (χ1v) is 9.61. The van der Waals surface area contributed by atoms with Gasteiger partial charge in [0.2, 0.25) is 0 Å². The zero-order valence-electron chi connectivity index (χ0n) is 16.0. The van der Waals surface area contributed by atoms with Crippen LogP contribution in [0, 0.1) is 0 Å². The van der Waals surface area contributed by atoms with Gasteiger partial charge in [0.25, 0.3) is 5.91 Å². The second-order valence-corrected chi connectivity index (χ2v) is 6.85. The van der Waals surface area contributed by atoms with Crippen LogP contribution in [0.15, 0.2) is 51.9 Å². The Kier molecular flexibility index (Phi) is 8.61. The molecule has 0 unspecified atom stereocenters. The van der Waals surface area contributed by atoms with E-state index >= 15 is 0 Å². The molecule has 0 saturated carbocycles. The molecule has 0 saturated heterocycles. The molecule has 28 heavy (non-hydrogen) atoms. The number of nitrogens with zero attached hydrogens (tertiary/aromatic N) is 1. The van der Waals surface area contributed by atoms with E-state index < -0.39 is 0 Å². The number of hydrogen-bond acceptors (Lipinski definition) is 4. The Hall–Kier alpha value is -2.74. The molecule has 0 aromatic heterocycles. The van der Waals surface area contributed by atoms with Crippen LogP contribution in [0.4, 0.5) is 0 Å². The highest BCUT2D eigenvalue weighted by Gasteiger charge is 2.05. The topological polar surface area (TPSA) is 98.0 Å². The highest BCUT2D eigenvalue weighted by atomic mass is 79.9. The highest BCUT2D eigenvalue weighted by Crippen LogP contribution is 2.27. The van der Waals surface area contributed by atoms with Crippen LogP contribution in [0.2, 0.25) is 0 Å². The van der Waals surface area contributed by atoms with E-state index in [1.165, 1.54) is 0 Å². The van der Waals surface area contributed by atoms with E-state index in [0.29, 0.717) is 42.7 Å². The van der Waals surface area contributed by atoms with Gasteiger partial charge >= 0.3 is 0 Å². The van der Waals surface area contributed by atoms with E-state index in [0.717, 1.165) is 16.5 Å². The Balaban J connectivity index is 1.70. The van der Waals surface area contributed by atoms with E-state index in [2.05, 4.69) is 31.6 Å². The summed E-state index contributed by atoms with van der Waals surface area (Å²) in [5.41, 5.74) is 7.47. The number of methoxy groups -OCH3 is 2. The largest absolute Gasteiger partial charge is 0.493 e. The number of nitrogens with one attached hydrogen (secondary N) is 2. The third kappa shape index (κ3) is 6.77. The molecule has 1 amide bonds. The smallest absolute Gasteiger partial charge is 0.251 e. The first kappa shape index (κ1) is 21.6. The summed E-state index contributed by atoms with van der Waals surface area (Å²) < 4.78 is 11.4. The number of rotatable bonds is 9. The first-order chi connectivity index (χ1) is 13.5. The lowest BCUT2D eigenvalue weighted by Crippen LogP contribution is -2.34. The van der Waals surface area contributed by atoms with Crippen LogP contribution < -0.4 is 25.8 Å². The van der Waals surface area contributed by atoms with Gasteiger partial charge in [-0.2, -0.15) is 0 Å². The summed E-state index contributed by atoms with van der Waals surface area (Å²) in [6.07, 6.45) is 0.728. The van der Waals surface area contributed by atoms with Gasteiger partial charge in [0.05, 0.1) is 20.8 Å². The Morgan fingerprint density at radius 1 is 1.07 bits per heavy atom. The molecule has 2 rings (SSSR count). The van der Waals surface area contributed by atoms with Crippen molar-refractivity contribution < 1.29 is 14.3 Å². The molecule has 0 aliphatic carbocycles. The van der Waals surface area contributed by atoms with E-state index in [1.54, 1.807) is 26.4 Å². The summed E-state index contributed by atoms with van der Waals surface area (Å²) in [5, 5.41) is 5.91. The maximum absolute atomic E-state index is 12.0. The van der Waals surface area contributed by atoms with E-state index in [1.807, 2.05) is 30.3 Å². The first-order valence-electron chi connectivity index (χ1n) is 8.82. The molecule has 0 aliphatic rings. The van der Waals surface area contributed by atoms with E-state index in [4.69, 9.17) is 15.2 Å². The van der Waals surface area contributed by atoms with Crippen molar-refractivity contribution in [2.45, 2.75) is 13.0 Å². The lowest BCUT2D eigenvalue weighted by Gasteiger charge is -2.09. The van der Waals surface area contributed by atoms with Crippen molar-refractivity contribution in [1.82, 2.24) is 10.6 Å². The number of carbonyl (C=O) groups is 1. The molecule has 4 N–H and O–H groups in total. The fourth-order valence-electron chi connectivity index (χ4n) is 2.45. The van der Waals surface area contributed by atoms with Crippen molar-refractivity contribution in [2.75, 3.05) is 27.3 Å². The molecule has 0 fully saturated rings. The summed E-state index contributed by atoms with van der Waals surface area (Å²) in [5.74, 6) is 1.58. The number of nitrogens with two attached hydrogens (primary N) is 1. The number of benzene rings is 2. The van der Waals surface area contributed by atoms with Crippen LogP contribution in [-0.4, -0.2) is 39.2 Å². The molecule has 0 atom stereocenters. The molecular weight excluding hydrogens is 424 g/mol. The molecular formula is C20H25BrN4O3. The fraction of sp³-hybridized carbons (Fsp3) is 0.300. The number of guanidine groups is 1. The number of halogens is 1. The summed E-state index contributed by atoms with van der Waals surface area (Å²) in [6, 6.07) is 12.9. The van der Waals surface area contributed by atoms with Gasteiger partial charge in [-0.05, 0) is 42.3 Å². The van der Waals surface area contributed by atoms with Crippen molar-refractivity contribution in [2.24, 2.45) is 10.7 Å². The zero-order valence-corrected chi connectivity index (χ0v) is 17.6. The normalized spacial score (nSPS) is 11.0. The molecule has 7 nitrogen and oxygen atoms in total. The summed E-state index contributed by atoms with van der Waals surface area (Å²) in [6.45, 7) is 1.58. The Morgan fingerprint density at radius 3 is 2.54 bits per heavy atom. The molecule has 2 aromatic carbocycles. The number of hydrogen-bond donors (Lipinski definition) is 3. The minimum Gasteiger partial charge on any atom is -0.493 e. The van der Waals surface area contributed by atoms with Crippen molar-refractivity contribution in [3.63, 3.8) is 0 Å². The van der Waals surface area contributed by atoms with Crippen LogP contribution in [0.25, 0.3) is 0 Å². The van der Waals surface area contributed by atoms with Gasteiger partial charge < -0.3 is 25.8 Å². The minimum absolute atomic E-state index is 0.101. The predicted octanol–water partition coefficient (Wildman–Crippen LogP) is 2.69. The van der Waals surface area contributed by atoms with Crippen LogP contribution in [0.3, 0.4) is 0 Å². The lowest BCUT2D eigenvalue weighted by atomic mass is 10.2. The third-order valence-electron chi connectivity index (χ3n) is 3.91. The SMILES string of the molecule is COc1ccc(CN=C(N)NCCCNC(=O)c2cccc(Br)c2)cc1OC. The van der Waals surface area contributed by atoms with Crippen molar-refractivity contribution in [3.8, 4) is 11.5 Å². The van der Waals surface area contributed by atoms with Gasteiger partial charge in [0.1, 0.15) is 0 Å². The lowest BCUT2D eigenvalue weighted by molar-refractivity contribution is 0.0953. The highest BCUT2D eigenvalue weighted by molar-refractivity contribution is 9.10. The predicted molar refractivity (Wildman–Crippen MR) is 114 cm³/mol. The maximum atomic E-state index is 12.0. The van der Waals surface area contributed by atoms with Crippen LogP contribution in [0.1, 0.15) is 22.3 Å². The number of ether oxygens (including phenoxy) is 2. The van der Waals surface area contributed by atoms with E-state index in [-0.39, 0.29) is 5.91 Å². The number of carbonyl (C=O) groups excluding carboxylic acids is 1. The number of amides is 1. The maximum Gasteiger partial charge on any atom is 0.251 e. The Labute approximate surface area is 173 Å². The molecule has 0 heterocycles. The Bertz CT molecular complexity index is 827. The second kappa shape index (κ2) is 11.2. The third-order valence-corrected chi connectivity index (χ3v) is 4.41. The molecule has 8 heteroatoms.